The Balaban J connectivity index is 1.86. The second-order valence-electron chi connectivity index (χ2n) is 4.95. The van der Waals surface area contributed by atoms with Crippen molar-refractivity contribution >= 4 is 0 Å². The summed E-state index contributed by atoms with van der Waals surface area (Å²) in [6.07, 6.45) is 7.42. The molecule has 2 fully saturated rings. The molecule has 0 heteroatoms. The van der Waals surface area contributed by atoms with E-state index in [2.05, 4.69) is 30.3 Å². The number of benzene rings is 1. The van der Waals surface area contributed by atoms with Crippen molar-refractivity contribution in [3.63, 3.8) is 0 Å². The second kappa shape index (κ2) is 3.42. The summed E-state index contributed by atoms with van der Waals surface area (Å²) in [5.74, 6) is 2.99. The molecule has 3 rings (SSSR count). The molecule has 0 bridgehead atoms. The van der Waals surface area contributed by atoms with Crippen LogP contribution in [0.2, 0.25) is 0 Å². The summed E-state index contributed by atoms with van der Waals surface area (Å²) in [5.41, 5.74) is 1.60. The van der Waals surface area contributed by atoms with Crippen molar-refractivity contribution in [2.45, 2.75) is 38.0 Å². The van der Waals surface area contributed by atoms with Gasteiger partial charge >= 0.3 is 0 Å². The first-order valence-corrected chi connectivity index (χ1v) is 6.00. The van der Waals surface area contributed by atoms with E-state index in [0.29, 0.717) is 0 Å². The molecule has 0 saturated heterocycles. The van der Waals surface area contributed by atoms with Gasteiger partial charge in [-0.1, -0.05) is 43.2 Å². The van der Waals surface area contributed by atoms with E-state index in [1.807, 2.05) is 0 Å². The van der Waals surface area contributed by atoms with E-state index in [1.165, 1.54) is 32.1 Å². The molecule has 0 N–H and O–H groups in total. The first-order valence-electron chi connectivity index (χ1n) is 6.00. The van der Waals surface area contributed by atoms with Crippen molar-refractivity contribution in [2.75, 3.05) is 0 Å². The van der Waals surface area contributed by atoms with Crippen LogP contribution in [0.5, 0.6) is 0 Å². The van der Waals surface area contributed by atoms with Crippen LogP contribution < -0.4 is 0 Å². The number of rotatable bonds is 1. The van der Waals surface area contributed by atoms with Crippen LogP contribution in [-0.4, -0.2) is 0 Å². The van der Waals surface area contributed by atoms with Crippen LogP contribution in [0.1, 0.15) is 43.6 Å². The molecular formula is C14H18. The van der Waals surface area contributed by atoms with Gasteiger partial charge in [-0.25, -0.2) is 0 Å². The van der Waals surface area contributed by atoms with E-state index < -0.39 is 0 Å². The molecule has 0 heterocycles. The number of fused-ring (bicyclic) bond motifs is 1. The summed E-state index contributed by atoms with van der Waals surface area (Å²) in [5, 5.41) is 0. The van der Waals surface area contributed by atoms with Crippen molar-refractivity contribution in [3.05, 3.63) is 35.9 Å². The average molecular weight is 186 g/mol. The largest absolute Gasteiger partial charge is 0.0622 e. The fourth-order valence-electron chi connectivity index (χ4n) is 3.68. The molecule has 2 aliphatic rings. The molecule has 0 nitrogen and oxygen atoms in total. The van der Waals surface area contributed by atoms with Crippen LogP contribution in [-0.2, 0) is 0 Å². The van der Waals surface area contributed by atoms with Crippen molar-refractivity contribution in [2.24, 2.45) is 11.8 Å². The SMILES string of the molecule is c1ccc([C@H]2CC[C@@H]3CCC[C@@H]32)cc1. The van der Waals surface area contributed by atoms with Gasteiger partial charge < -0.3 is 0 Å². The maximum absolute atomic E-state index is 2.32. The Morgan fingerprint density at radius 3 is 2.57 bits per heavy atom. The van der Waals surface area contributed by atoms with Crippen LogP contribution >= 0.6 is 0 Å². The third kappa shape index (κ3) is 1.28. The topological polar surface area (TPSA) is 0 Å². The zero-order valence-electron chi connectivity index (χ0n) is 8.65. The van der Waals surface area contributed by atoms with Crippen LogP contribution in [0, 0.1) is 11.8 Å². The summed E-state index contributed by atoms with van der Waals surface area (Å²) in [4.78, 5) is 0. The fourth-order valence-corrected chi connectivity index (χ4v) is 3.68. The van der Waals surface area contributed by atoms with Gasteiger partial charge in [-0.2, -0.15) is 0 Å². The fraction of sp³-hybridized carbons (Fsp3) is 0.571. The second-order valence-corrected chi connectivity index (χ2v) is 4.95. The predicted octanol–water partition coefficient (Wildman–Crippen LogP) is 3.98. The first kappa shape index (κ1) is 8.52. The Kier molecular flexibility index (Phi) is 2.08. The summed E-state index contributed by atoms with van der Waals surface area (Å²) in [6.45, 7) is 0. The van der Waals surface area contributed by atoms with Crippen molar-refractivity contribution in [3.8, 4) is 0 Å². The molecule has 0 unspecified atom stereocenters. The summed E-state index contributed by atoms with van der Waals surface area (Å²) < 4.78 is 0. The van der Waals surface area contributed by atoms with Crippen molar-refractivity contribution in [1.82, 2.24) is 0 Å². The molecular weight excluding hydrogens is 168 g/mol. The molecule has 1 aromatic carbocycles. The van der Waals surface area contributed by atoms with Gasteiger partial charge in [-0.05, 0) is 42.6 Å². The predicted molar refractivity (Wildman–Crippen MR) is 59.2 cm³/mol. The molecule has 0 amide bonds. The Morgan fingerprint density at radius 2 is 1.71 bits per heavy atom. The van der Waals surface area contributed by atoms with E-state index in [-0.39, 0.29) is 0 Å². The molecule has 0 aliphatic heterocycles. The molecule has 3 atom stereocenters. The molecule has 2 saturated carbocycles. The highest BCUT2D eigenvalue weighted by atomic mass is 14.4. The third-order valence-electron chi connectivity index (χ3n) is 4.31. The summed E-state index contributed by atoms with van der Waals surface area (Å²) in [6, 6.07) is 11.2. The van der Waals surface area contributed by atoms with Gasteiger partial charge in [-0.15, -0.1) is 0 Å². The minimum atomic E-state index is 0.892. The highest BCUT2D eigenvalue weighted by Gasteiger charge is 2.39. The molecule has 0 radical (unpaired) electrons. The quantitative estimate of drug-likeness (QED) is 0.622. The third-order valence-corrected chi connectivity index (χ3v) is 4.31. The van der Waals surface area contributed by atoms with Gasteiger partial charge in [0.15, 0.2) is 0 Å². The van der Waals surface area contributed by atoms with Gasteiger partial charge in [0, 0.05) is 0 Å². The highest BCUT2D eigenvalue weighted by molar-refractivity contribution is 5.22. The van der Waals surface area contributed by atoms with Crippen LogP contribution in [0.3, 0.4) is 0 Å². The van der Waals surface area contributed by atoms with Gasteiger partial charge in [-0.3, -0.25) is 0 Å². The molecule has 14 heavy (non-hydrogen) atoms. The normalized spacial score (nSPS) is 35.9. The zero-order valence-corrected chi connectivity index (χ0v) is 8.65. The smallest absolute Gasteiger partial charge is 0.0131 e. The van der Waals surface area contributed by atoms with Crippen molar-refractivity contribution in [1.29, 1.82) is 0 Å². The molecule has 1 aromatic rings. The maximum atomic E-state index is 2.32. The molecule has 0 spiro atoms. The van der Waals surface area contributed by atoms with Gasteiger partial charge in [0.1, 0.15) is 0 Å². The Morgan fingerprint density at radius 1 is 0.857 bits per heavy atom. The highest BCUT2D eigenvalue weighted by Crippen LogP contribution is 2.51. The lowest BCUT2D eigenvalue weighted by Crippen LogP contribution is -2.07. The zero-order chi connectivity index (χ0) is 9.38. The lowest BCUT2D eigenvalue weighted by atomic mass is 9.86. The van der Waals surface area contributed by atoms with Gasteiger partial charge in [0.25, 0.3) is 0 Å². The van der Waals surface area contributed by atoms with Gasteiger partial charge in [0.05, 0.1) is 0 Å². The van der Waals surface area contributed by atoms with E-state index in [0.717, 1.165) is 17.8 Å². The standard InChI is InChI=1S/C14H18/c1-2-5-11(6-3-1)14-10-9-12-7-4-8-13(12)14/h1-3,5-6,12-14H,4,7-10H2/t12-,13-,14+/m0/s1. The van der Waals surface area contributed by atoms with E-state index >= 15 is 0 Å². The maximum Gasteiger partial charge on any atom is -0.0131 e. The Hall–Kier alpha value is -0.780. The number of hydrogen-bond donors (Lipinski definition) is 0. The molecule has 2 aliphatic carbocycles. The van der Waals surface area contributed by atoms with Gasteiger partial charge in [0.2, 0.25) is 0 Å². The monoisotopic (exact) mass is 186 g/mol. The van der Waals surface area contributed by atoms with Crippen LogP contribution in [0.15, 0.2) is 30.3 Å². The van der Waals surface area contributed by atoms with E-state index in [9.17, 15) is 0 Å². The van der Waals surface area contributed by atoms with Crippen LogP contribution in [0.4, 0.5) is 0 Å². The number of hydrogen-bond acceptors (Lipinski definition) is 0. The van der Waals surface area contributed by atoms with Crippen LogP contribution in [0.25, 0.3) is 0 Å². The van der Waals surface area contributed by atoms with Crippen molar-refractivity contribution < 1.29 is 0 Å². The molecule has 74 valence electrons. The Bertz CT molecular complexity index is 301. The summed E-state index contributed by atoms with van der Waals surface area (Å²) in [7, 11) is 0. The minimum Gasteiger partial charge on any atom is -0.0622 e. The first-order chi connectivity index (χ1) is 6.95. The Labute approximate surface area is 86.3 Å². The minimum absolute atomic E-state index is 0.892. The lowest BCUT2D eigenvalue weighted by Gasteiger charge is -2.18. The summed E-state index contributed by atoms with van der Waals surface area (Å²) >= 11 is 0. The lowest BCUT2D eigenvalue weighted by molar-refractivity contribution is 0.422. The molecule has 0 aromatic heterocycles. The van der Waals surface area contributed by atoms with E-state index in [4.69, 9.17) is 0 Å². The van der Waals surface area contributed by atoms with E-state index in [1.54, 1.807) is 5.56 Å². The average Bonchev–Trinajstić information content (AvgIpc) is 2.79.